The Morgan fingerprint density at radius 2 is 2.14 bits per heavy atom. The number of hydrogen-bond donors (Lipinski definition) is 2. The van der Waals surface area contributed by atoms with Crippen LogP contribution in [0.5, 0.6) is 0 Å². The molecule has 1 aliphatic carbocycles. The number of carbonyl (C=O) groups is 2. The second kappa shape index (κ2) is 8.97. The number of benzene rings is 1. The Morgan fingerprint density at radius 3 is 2.97 bits per heavy atom. The van der Waals surface area contributed by atoms with Crippen LogP contribution >= 0.6 is 22.7 Å². The van der Waals surface area contributed by atoms with Gasteiger partial charge in [-0.15, -0.1) is 11.3 Å². The van der Waals surface area contributed by atoms with Gasteiger partial charge < -0.3 is 16.0 Å². The molecule has 0 bridgehead atoms. The first-order chi connectivity index (χ1) is 17.4. The molecule has 6 rings (SSSR count). The van der Waals surface area contributed by atoms with Gasteiger partial charge in [0.2, 0.25) is 0 Å². The molecule has 3 N–H and O–H groups in total. The number of halogens is 1. The average Bonchev–Trinajstić information content (AvgIpc) is 3.64. The molecule has 3 aromatic heterocycles. The number of thiazole rings is 2. The molecule has 2 amide bonds. The molecule has 0 radical (unpaired) electrons. The van der Waals surface area contributed by atoms with Crippen molar-refractivity contribution in [3.63, 3.8) is 0 Å². The topological polar surface area (TPSA) is 106 Å². The van der Waals surface area contributed by atoms with Gasteiger partial charge in [0.05, 0.1) is 16.6 Å². The summed E-state index contributed by atoms with van der Waals surface area (Å²) in [6.45, 7) is 2.79. The van der Waals surface area contributed by atoms with Crippen LogP contribution in [0.4, 0.5) is 9.52 Å². The Kier molecular flexibility index (Phi) is 5.76. The fourth-order valence-electron chi connectivity index (χ4n) is 5.80. The van der Waals surface area contributed by atoms with Crippen molar-refractivity contribution in [2.75, 3.05) is 18.8 Å². The molecular weight excluding hydrogens is 499 g/mol. The van der Waals surface area contributed by atoms with E-state index in [1.807, 2.05) is 23.4 Å². The first-order valence-electron chi connectivity index (χ1n) is 11.9. The number of nitrogens with zero attached hydrogens (tertiary/aromatic N) is 4. The summed E-state index contributed by atoms with van der Waals surface area (Å²) in [4.78, 5) is 39.0. The van der Waals surface area contributed by atoms with Gasteiger partial charge in [0, 0.05) is 24.7 Å². The average molecular weight is 525 g/mol. The number of rotatable bonds is 5. The van der Waals surface area contributed by atoms with Gasteiger partial charge in [-0.05, 0) is 49.3 Å². The van der Waals surface area contributed by atoms with Crippen LogP contribution < -0.4 is 11.1 Å². The molecule has 8 nitrogen and oxygen atoms in total. The molecule has 36 heavy (non-hydrogen) atoms. The minimum absolute atomic E-state index is 0.150. The Balaban J connectivity index is 1.27. The third kappa shape index (κ3) is 3.86. The van der Waals surface area contributed by atoms with Gasteiger partial charge in [0.1, 0.15) is 17.2 Å². The molecule has 0 spiro atoms. The molecule has 2 aliphatic rings. The van der Waals surface area contributed by atoms with Crippen molar-refractivity contribution < 1.29 is 14.0 Å². The van der Waals surface area contributed by atoms with Crippen LogP contribution in [-0.4, -0.2) is 50.2 Å². The third-order valence-corrected chi connectivity index (χ3v) is 9.05. The van der Waals surface area contributed by atoms with Crippen LogP contribution in [0.1, 0.15) is 45.9 Å². The number of nitrogens with one attached hydrogen (secondary N) is 1. The van der Waals surface area contributed by atoms with E-state index in [4.69, 9.17) is 5.73 Å². The molecule has 1 saturated heterocycles. The van der Waals surface area contributed by atoms with Gasteiger partial charge in [0.25, 0.3) is 11.8 Å². The predicted octanol–water partition coefficient (Wildman–Crippen LogP) is 4.22. The minimum atomic E-state index is -0.385. The van der Waals surface area contributed by atoms with Crippen molar-refractivity contribution in [3.8, 4) is 10.4 Å². The maximum Gasteiger partial charge on any atom is 0.274 e. The van der Waals surface area contributed by atoms with Crippen molar-refractivity contribution in [1.29, 1.82) is 0 Å². The molecular formula is C25H25FN6O2S2. The molecule has 4 aromatic rings. The second-order valence-electron chi connectivity index (χ2n) is 9.43. The maximum atomic E-state index is 13.9. The van der Waals surface area contributed by atoms with E-state index >= 15 is 0 Å². The molecule has 1 aliphatic heterocycles. The van der Waals surface area contributed by atoms with Crippen LogP contribution in [0.2, 0.25) is 0 Å². The lowest BCUT2D eigenvalue weighted by Crippen LogP contribution is -2.46. The number of fused-ring (bicyclic) bond motifs is 2. The number of likely N-dealkylation sites (tertiary alicyclic amines) is 1. The monoisotopic (exact) mass is 524 g/mol. The van der Waals surface area contributed by atoms with Crippen LogP contribution in [0.15, 0.2) is 35.8 Å². The maximum absolute atomic E-state index is 13.9. The van der Waals surface area contributed by atoms with Gasteiger partial charge in [0.15, 0.2) is 10.1 Å². The number of carbonyl (C=O) groups excluding carboxylic acids is 2. The highest BCUT2D eigenvalue weighted by Crippen LogP contribution is 2.43. The van der Waals surface area contributed by atoms with Crippen molar-refractivity contribution in [2.45, 2.75) is 32.2 Å². The Hall–Kier alpha value is -3.31. The molecule has 1 saturated carbocycles. The molecule has 1 aromatic carbocycles. The van der Waals surface area contributed by atoms with Crippen molar-refractivity contribution in [1.82, 2.24) is 24.6 Å². The van der Waals surface area contributed by atoms with Gasteiger partial charge in [-0.3, -0.25) is 14.0 Å². The zero-order chi connectivity index (χ0) is 25.0. The Labute approximate surface area is 215 Å². The first kappa shape index (κ1) is 23.1. The normalized spacial score (nSPS) is 21.3. The van der Waals surface area contributed by atoms with Gasteiger partial charge >= 0.3 is 0 Å². The van der Waals surface area contributed by atoms with E-state index < -0.39 is 0 Å². The van der Waals surface area contributed by atoms with Crippen molar-refractivity contribution in [3.05, 3.63) is 58.7 Å². The van der Waals surface area contributed by atoms with Crippen LogP contribution in [0.25, 0.3) is 15.4 Å². The summed E-state index contributed by atoms with van der Waals surface area (Å²) in [5.41, 5.74) is 8.01. The fourth-order valence-corrected chi connectivity index (χ4v) is 7.38. The van der Waals surface area contributed by atoms with Crippen LogP contribution in [0, 0.1) is 24.6 Å². The standard InChI is InChI=1S/C25H25FN6O2S2/c1-13-20(31-8-9-35-25(31)29-13)22(33)28-11-18-17-7-3-5-15(17)12-32(18)23(34)19-21(36-24(27)30-19)14-4-2-6-16(26)10-14/h2,4,6,8-10,15,17-18H,3,5,7,11-12H2,1H3,(H2,27,30)(H,28,33)/t15-,17-,18+/m0/s1. The largest absolute Gasteiger partial charge is 0.375 e. The van der Waals surface area contributed by atoms with Gasteiger partial charge in [-0.2, -0.15) is 0 Å². The highest BCUT2D eigenvalue weighted by atomic mass is 32.1. The fraction of sp³-hybridized carbons (Fsp3) is 0.360. The molecule has 2 fully saturated rings. The summed E-state index contributed by atoms with van der Waals surface area (Å²) in [6, 6.07) is 5.96. The molecule has 11 heteroatoms. The number of aromatic nitrogens is 3. The quantitative estimate of drug-likeness (QED) is 0.407. The highest BCUT2D eigenvalue weighted by molar-refractivity contribution is 7.19. The number of imidazole rings is 1. The van der Waals surface area contributed by atoms with Crippen molar-refractivity contribution in [2.24, 2.45) is 11.8 Å². The van der Waals surface area contributed by atoms with E-state index in [0.29, 0.717) is 46.8 Å². The van der Waals surface area contributed by atoms with E-state index in [2.05, 4.69) is 15.3 Å². The number of aryl methyl sites for hydroxylation is 1. The predicted molar refractivity (Wildman–Crippen MR) is 138 cm³/mol. The van der Waals surface area contributed by atoms with Gasteiger partial charge in [-0.25, -0.2) is 14.4 Å². The van der Waals surface area contributed by atoms with Crippen LogP contribution in [-0.2, 0) is 0 Å². The molecule has 0 unspecified atom stereocenters. The summed E-state index contributed by atoms with van der Waals surface area (Å²) in [6.07, 6.45) is 5.04. The van der Waals surface area contributed by atoms with Crippen molar-refractivity contribution >= 4 is 44.6 Å². The van der Waals surface area contributed by atoms with E-state index in [0.717, 1.165) is 24.2 Å². The zero-order valence-corrected chi connectivity index (χ0v) is 21.2. The van der Waals surface area contributed by atoms with E-state index in [1.165, 1.54) is 34.8 Å². The van der Waals surface area contributed by atoms with Crippen LogP contribution in [0.3, 0.4) is 0 Å². The summed E-state index contributed by atoms with van der Waals surface area (Å²) in [7, 11) is 0. The number of anilines is 1. The summed E-state index contributed by atoms with van der Waals surface area (Å²) >= 11 is 2.66. The first-order valence-corrected chi connectivity index (χ1v) is 13.6. The summed E-state index contributed by atoms with van der Waals surface area (Å²) in [5, 5.41) is 5.24. The summed E-state index contributed by atoms with van der Waals surface area (Å²) < 4.78 is 15.7. The Bertz CT molecular complexity index is 1480. The molecule has 3 atom stereocenters. The number of nitrogen functional groups attached to an aromatic ring is 1. The molecule has 4 heterocycles. The molecule has 186 valence electrons. The number of nitrogens with two attached hydrogens (primary N) is 1. The Morgan fingerprint density at radius 1 is 1.28 bits per heavy atom. The lowest BCUT2D eigenvalue weighted by molar-refractivity contribution is 0.0696. The number of amides is 2. The second-order valence-corrected chi connectivity index (χ2v) is 11.3. The van der Waals surface area contributed by atoms with Gasteiger partial charge in [-0.1, -0.05) is 29.9 Å². The van der Waals surface area contributed by atoms with E-state index in [9.17, 15) is 14.0 Å². The summed E-state index contributed by atoms with van der Waals surface area (Å²) in [5.74, 6) is -0.105. The number of hydrogen-bond acceptors (Lipinski definition) is 7. The zero-order valence-electron chi connectivity index (χ0n) is 19.6. The van der Waals surface area contributed by atoms with E-state index in [-0.39, 0.29) is 34.5 Å². The SMILES string of the molecule is Cc1nc2sccn2c1C(=O)NC[C@@H]1[C@H]2CCC[C@H]2CN1C(=O)c1nc(N)sc1-c1cccc(F)c1. The highest BCUT2D eigenvalue weighted by Gasteiger charge is 2.47. The minimum Gasteiger partial charge on any atom is -0.375 e. The third-order valence-electron chi connectivity index (χ3n) is 7.36. The lowest BCUT2D eigenvalue weighted by atomic mass is 9.94. The van der Waals surface area contributed by atoms with E-state index in [1.54, 1.807) is 16.5 Å². The smallest absolute Gasteiger partial charge is 0.274 e. The lowest BCUT2D eigenvalue weighted by Gasteiger charge is -2.28.